The molecule has 0 spiro atoms. The molecule has 0 amide bonds. The van der Waals surface area contributed by atoms with Crippen molar-refractivity contribution in [3.8, 4) is 0 Å². The molecule has 1 fully saturated rings. The van der Waals surface area contributed by atoms with E-state index >= 15 is 0 Å². The van der Waals surface area contributed by atoms with Crippen molar-refractivity contribution in [2.45, 2.75) is 26.3 Å². The van der Waals surface area contributed by atoms with Gasteiger partial charge < -0.3 is 5.11 Å². The average Bonchev–Trinajstić information content (AvgIpc) is 2.87. The monoisotopic (exact) mass is 225 g/mol. The van der Waals surface area contributed by atoms with Crippen LogP contribution in [-0.2, 0) is 13.0 Å². The van der Waals surface area contributed by atoms with Gasteiger partial charge in [-0.3, -0.25) is 4.90 Å². The second kappa shape index (κ2) is 5.10. The molecular formula is C12H19NOS. The number of nitrogens with zero attached hydrogens (tertiary/aromatic N) is 1. The largest absolute Gasteiger partial charge is 0.396 e. The summed E-state index contributed by atoms with van der Waals surface area (Å²) < 4.78 is 0. The Labute approximate surface area is 95.5 Å². The SMILES string of the molecule is CCc1ccsc1CN1CCC(CO)C1. The van der Waals surface area contributed by atoms with Crippen LogP contribution in [0.1, 0.15) is 23.8 Å². The third kappa shape index (κ3) is 2.60. The van der Waals surface area contributed by atoms with Gasteiger partial charge >= 0.3 is 0 Å². The van der Waals surface area contributed by atoms with Crippen LogP contribution < -0.4 is 0 Å². The standard InChI is InChI=1S/C12H19NOS/c1-2-11-4-6-15-12(11)8-13-5-3-10(7-13)9-14/h4,6,10,14H,2-3,5,7-9H2,1H3. The minimum atomic E-state index is 0.349. The smallest absolute Gasteiger partial charge is 0.0471 e. The lowest BCUT2D eigenvalue weighted by Gasteiger charge is -2.15. The number of likely N-dealkylation sites (tertiary alicyclic amines) is 1. The first-order valence-electron chi connectivity index (χ1n) is 5.72. The zero-order valence-corrected chi connectivity index (χ0v) is 10.1. The van der Waals surface area contributed by atoms with Crippen LogP contribution in [0.5, 0.6) is 0 Å². The molecule has 84 valence electrons. The summed E-state index contributed by atoms with van der Waals surface area (Å²) in [5.41, 5.74) is 1.49. The van der Waals surface area contributed by atoms with Gasteiger partial charge in [0.25, 0.3) is 0 Å². The first-order valence-corrected chi connectivity index (χ1v) is 6.60. The predicted octanol–water partition coefficient (Wildman–Crippen LogP) is 2.12. The summed E-state index contributed by atoms with van der Waals surface area (Å²) in [5, 5.41) is 11.3. The van der Waals surface area contributed by atoms with E-state index in [1.165, 1.54) is 10.4 Å². The van der Waals surface area contributed by atoms with Crippen LogP contribution in [0.2, 0.25) is 0 Å². The zero-order valence-electron chi connectivity index (χ0n) is 9.28. The lowest BCUT2D eigenvalue weighted by molar-refractivity contribution is 0.220. The molecule has 0 radical (unpaired) electrons. The van der Waals surface area contributed by atoms with Gasteiger partial charge in [-0.1, -0.05) is 6.92 Å². The van der Waals surface area contributed by atoms with Crippen molar-refractivity contribution in [2.75, 3.05) is 19.7 Å². The molecule has 3 heteroatoms. The summed E-state index contributed by atoms with van der Waals surface area (Å²) in [6, 6.07) is 2.24. The minimum absolute atomic E-state index is 0.349. The number of aliphatic hydroxyl groups is 1. The Morgan fingerprint density at radius 2 is 2.47 bits per heavy atom. The van der Waals surface area contributed by atoms with E-state index in [9.17, 15) is 0 Å². The number of hydrogen-bond donors (Lipinski definition) is 1. The molecule has 1 unspecified atom stereocenters. The van der Waals surface area contributed by atoms with Crippen molar-refractivity contribution in [3.63, 3.8) is 0 Å². The van der Waals surface area contributed by atoms with Gasteiger partial charge in [-0.15, -0.1) is 11.3 Å². The number of hydrogen-bond acceptors (Lipinski definition) is 3. The Morgan fingerprint density at radius 1 is 1.60 bits per heavy atom. The molecule has 1 aromatic rings. The first kappa shape index (κ1) is 11.1. The molecule has 1 atom stereocenters. The topological polar surface area (TPSA) is 23.5 Å². The van der Waals surface area contributed by atoms with Gasteiger partial charge in [0.1, 0.15) is 0 Å². The molecule has 1 aromatic heterocycles. The molecule has 2 nitrogen and oxygen atoms in total. The molecule has 1 N–H and O–H groups in total. The van der Waals surface area contributed by atoms with Gasteiger partial charge in [-0.05, 0) is 42.3 Å². The van der Waals surface area contributed by atoms with Crippen LogP contribution in [0.25, 0.3) is 0 Å². The second-order valence-corrected chi connectivity index (χ2v) is 5.30. The van der Waals surface area contributed by atoms with Gasteiger partial charge in [0, 0.05) is 24.6 Å². The van der Waals surface area contributed by atoms with E-state index in [0.29, 0.717) is 12.5 Å². The Balaban J connectivity index is 1.92. The fourth-order valence-electron chi connectivity index (χ4n) is 2.23. The maximum Gasteiger partial charge on any atom is 0.0471 e. The molecule has 2 heterocycles. The second-order valence-electron chi connectivity index (χ2n) is 4.29. The molecule has 0 aliphatic carbocycles. The molecule has 0 saturated carbocycles. The van der Waals surface area contributed by atoms with Gasteiger partial charge in [0.15, 0.2) is 0 Å². The summed E-state index contributed by atoms with van der Waals surface area (Å²) in [6.45, 7) is 5.86. The molecular weight excluding hydrogens is 206 g/mol. The Bertz CT molecular complexity index is 310. The van der Waals surface area contributed by atoms with Crippen LogP contribution in [-0.4, -0.2) is 29.7 Å². The maximum absolute atomic E-state index is 9.09. The van der Waals surface area contributed by atoms with E-state index in [1.54, 1.807) is 0 Å². The van der Waals surface area contributed by atoms with Crippen molar-refractivity contribution in [2.24, 2.45) is 5.92 Å². The summed E-state index contributed by atoms with van der Waals surface area (Å²) >= 11 is 1.87. The number of aryl methyl sites for hydroxylation is 1. The zero-order chi connectivity index (χ0) is 10.7. The number of thiophene rings is 1. The average molecular weight is 225 g/mol. The van der Waals surface area contributed by atoms with E-state index < -0.39 is 0 Å². The van der Waals surface area contributed by atoms with Gasteiger partial charge in [0.05, 0.1) is 0 Å². The molecule has 1 aliphatic rings. The summed E-state index contributed by atoms with van der Waals surface area (Å²) in [6.07, 6.45) is 2.29. The Hall–Kier alpha value is -0.380. The molecule has 1 aliphatic heterocycles. The van der Waals surface area contributed by atoms with Crippen molar-refractivity contribution in [3.05, 3.63) is 21.9 Å². The minimum Gasteiger partial charge on any atom is -0.396 e. The van der Waals surface area contributed by atoms with E-state index in [4.69, 9.17) is 5.11 Å². The van der Waals surface area contributed by atoms with Crippen LogP contribution in [0.3, 0.4) is 0 Å². The maximum atomic E-state index is 9.09. The number of rotatable bonds is 4. The van der Waals surface area contributed by atoms with Gasteiger partial charge in [-0.2, -0.15) is 0 Å². The lowest BCUT2D eigenvalue weighted by atomic mass is 10.1. The van der Waals surface area contributed by atoms with Crippen molar-refractivity contribution in [1.29, 1.82) is 0 Å². The Kier molecular flexibility index (Phi) is 3.78. The summed E-state index contributed by atoms with van der Waals surface area (Å²) in [7, 11) is 0. The molecule has 1 saturated heterocycles. The Morgan fingerprint density at radius 3 is 3.13 bits per heavy atom. The normalized spacial score (nSPS) is 22.4. The van der Waals surface area contributed by atoms with E-state index in [1.807, 2.05) is 11.3 Å². The van der Waals surface area contributed by atoms with E-state index in [0.717, 1.165) is 32.5 Å². The molecule has 0 aromatic carbocycles. The van der Waals surface area contributed by atoms with Crippen molar-refractivity contribution in [1.82, 2.24) is 4.90 Å². The van der Waals surface area contributed by atoms with Gasteiger partial charge in [-0.25, -0.2) is 0 Å². The summed E-state index contributed by atoms with van der Waals surface area (Å²) in [5.74, 6) is 0.509. The van der Waals surface area contributed by atoms with Crippen LogP contribution in [0, 0.1) is 5.92 Å². The quantitative estimate of drug-likeness (QED) is 0.848. The van der Waals surface area contributed by atoms with Crippen molar-refractivity contribution >= 4 is 11.3 Å². The highest BCUT2D eigenvalue weighted by Gasteiger charge is 2.22. The highest BCUT2D eigenvalue weighted by atomic mass is 32.1. The number of aliphatic hydroxyl groups excluding tert-OH is 1. The van der Waals surface area contributed by atoms with Crippen LogP contribution in [0.15, 0.2) is 11.4 Å². The predicted molar refractivity (Wildman–Crippen MR) is 64.2 cm³/mol. The molecule has 2 rings (SSSR count). The lowest BCUT2D eigenvalue weighted by Crippen LogP contribution is -2.20. The van der Waals surface area contributed by atoms with Crippen LogP contribution in [0.4, 0.5) is 0 Å². The van der Waals surface area contributed by atoms with Crippen molar-refractivity contribution < 1.29 is 5.11 Å². The van der Waals surface area contributed by atoms with E-state index in [2.05, 4.69) is 23.3 Å². The highest BCUT2D eigenvalue weighted by molar-refractivity contribution is 7.10. The molecule has 0 bridgehead atoms. The third-order valence-electron chi connectivity index (χ3n) is 3.21. The fourth-order valence-corrected chi connectivity index (χ4v) is 3.25. The van der Waals surface area contributed by atoms with Crippen LogP contribution >= 0.6 is 11.3 Å². The molecule has 15 heavy (non-hydrogen) atoms. The van der Waals surface area contributed by atoms with E-state index in [-0.39, 0.29) is 0 Å². The third-order valence-corrected chi connectivity index (χ3v) is 4.16. The van der Waals surface area contributed by atoms with Gasteiger partial charge in [0.2, 0.25) is 0 Å². The fraction of sp³-hybridized carbons (Fsp3) is 0.667. The first-order chi connectivity index (χ1) is 7.33. The summed E-state index contributed by atoms with van der Waals surface area (Å²) in [4.78, 5) is 3.97. The highest BCUT2D eigenvalue weighted by Crippen LogP contribution is 2.23.